The molecule has 0 radical (unpaired) electrons. The van der Waals surface area contributed by atoms with Gasteiger partial charge in [-0.2, -0.15) is 8.42 Å². The van der Waals surface area contributed by atoms with E-state index in [0.29, 0.717) is 5.56 Å². The number of phosphoric acid groups is 1. The highest BCUT2D eigenvalue weighted by molar-refractivity contribution is 7.85. The minimum Gasteiger partial charge on any atom is -0.404 e. The van der Waals surface area contributed by atoms with Gasteiger partial charge >= 0.3 is 18.0 Å². The van der Waals surface area contributed by atoms with Crippen molar-refractivity contribution in [2.24, 2.45) is 0 Å². The third kappa shape index (κ3) is 9.52. The van der Waals surface area contributed by atoms with Crippen molar-refractivity contribution >= 4 is 23.7 Å². The lowest BCUT2D eigenvalue weighted by atomic mass is 10.2. The number of benzene rings is 2. The van der Waals surface area contributed by atoms with Gasteiger partial charge in [-0.05, 0) is 17.7 Å². The van der Waals surface area contributed by atoms with Gasteiger partial charge in [0.2, 0.25) is 0 Å². The molecule has 2 N–H and O–H groups in total. The highest BCUT2D eigenvalue weighted by Crippen LogP contribution is 2.37. The summed E-state index contributed by atoms with van der Waals surface area (Å²) in [6.45, 7) is 0. The molecule has 0 aliphatic rings. The number of phosphoric ester groups is 1. The molecule has 0 aliphatic carbocycles. The van der Waals surface area contributed by atoms with E-state index in [1.807, 2.05) is 0 Å². The Bertz CT molecular complexity index is 851. The van der Waals surface area contributed by atoms with Crippen LogP contribution in [0.3, 0.4) is 0 Å². The molecule has 0 bridgehead atoms. The molecule has 0 atom stereocenters. The predicted octanol–water partition coefficient (Wildman–Crippen LogP) is 2.55. The first-order chi connectivity index (χ1) is 11.5. The smallest absolute Gasteiger partial charge is 0.404 e. The molecule has 2 aromatic rings. The third-order valence-corrected chi connectivity index (χ3v) is 3.58. The standard InChI is InChI=1S/C7H7FO2S.C6H6NO6P/c8-11(9,10)6-7-4-2-1-3-5-7;8-7(9)5-1-3-6(4-2-5)13-14(10,11)12/h1-5H,6H2;1-4H,(H2,10,11,12). The number of rotatable bonds is 5. The Kier molecular flexibility index (Phi) is 7.19. The van der Waals surface area contributed by atoms with Gasteiger partial charge in [-0.15, -0.1) is 3.89 Å². The van der Waals surface area contributed by atoms with Crippen LogP contribution < -0.4 is 4.52 Å². The first-order valence-electron chi connectivity index (χ1n) is 6.42. The Morgan fingerprint density at radius 1 is 1.08 bits per heavy atom. The molecule has 2 aromatic carbocycles. The number of hydrogen-bond donors (Lipinski definition) is 2. The average molecular weight is 393 g/mol. The van der Waals surface area contributed by atoms with E-state index in [1.165, 1.54) is 0 Å². The van der Waals surface area contributed by atoms with Crippen molar-refractivity contribution in [3.05, 3.63) is 70.3 Å². The zero-order valence-corrected chi connectivity index (χ0v) is 14.1. The fraction of sp³-hybridized carbons (Fsp3) is 0.0769. The average Bonchev–Trinajstić information content (AvgIpc) is 2.46. The van der Waals surface area contributed by atoms with Crippen LogP contribution in [0.2, 0.25) is 0 Å². The number of halogens is 1. The summed E-state index contributed by atoms with van der Waals surface area (Å²) in [6.07, 6.45) is 0. The number of hydrogen-bond acceptors (Lipinski definition) is 6. The molecule has 0 spiro atoms. The Labute approximate surface area is 142 Å². The lowest BCUT2D eigenvalue weighted by molar-refractivity contribution is -0.384. The first-order valence-corrected chi connectivity index (χ1v) is 9.50. The Morgan fingerprint density at radius 3 is 2.00 bits per heavy atom. The Morgan fingerprint density at radius 2 is 1.60 bits per heavy atom. The fourth-order valence-corrected chi connectivity index (χ4v) is 2.53. The van der Waals surface area contributed by atoms with Crippen molar-refractivity contribution < 1.29 is 36.1 Å². The normalized spacial score (nSPS) is 11.2. The van der Waals surface area contributed by atoms with E-state index in [4.69, 9.17) is 9.79 Å². The minimum absolute atomic E-state index is 0.121. The summed E-state index contributed by atoms with van der Waals surface area (Å²) in [7, 11) is -8.97. The highest BCUT2D eigenvalue weighted by atomic mass is 32.3. The molecule has 0 unspecified atom stereocenters. The maximum Gasteiger partial charge on any atom is 0.524 e. The molecular formula is C13H13FNO8PS. The van der Waals surface area contributed by atoms with Gasteiger partial charge in [-0.25, -0.2) is 4.57 Å². The third-order valence-electron chi connectivity index (χ3n) is 2.45. The molecular weight excluding hydrogens is 380 g/mol. The monoisotopic (exact) mass is 393 g/mol. The lowest BCUT2D eigenvalue weighted by Gasteiger charge is -2.05. The Hall–Kier alpha value is -2.33. The summed E-state index contributed by atoms with van der Waals surface area (Å²) in [5.74, 6) is -0.655. The van der Waals surface area contributed by atoms with E-state index < -0.39 is 28.7 Å². The second kappa shape index (κ2) is 8.67. The van der Waals surface area contributed by atoms with Crippen molar-refractivity contribution in [3.8, 4) is 5.75 Å². The molecule has 0 amide bonds. The quantitative estimate of drug-likeness (QED) is 0.341. The zero-order chi connectivity index (χ0) is 19.1. The molecule has 0 aromatic heterocycles. The molecule has 0 aliphatic heterocycles. The predicted molar refractivity (Wildman–Crippen MR) is 85.9 cm³/mol. The maximum atomic E-state index is 12.0. The van der Waals surface area contributed by atoms with Gasteiger partial charge < -0.3 is 4.52 Å². The van der Waals surface area contributed by atoms with Crippen LogP contribution in [0.4, 0.5) is 9.57 Å². The molecule has 0 saturated heterocycles. The van der Waals surface area contributed by atoms with Gasteiger partial charge in [0.1, 0.15) is 11.5 Å². The van der Waals surface area contributed by atoms with Crippen molar-refractivity contribution in [2.45, 2.75) is 5.75 Å². The van der Waals surface area contributed by atoms with Crippen LogP contribution >= 0.6 is 7.82 Å². The van der Waals surface area contributed by atoms with Gasteiger partial charge in [0.25, 0.3) is 5.69 Å². The van der Waals surface area contributed by atoms with Crippen molar-refractivity contribution in [3.63, 3.8) is 0 Å². The molecule has 25 heavy (non-hydrogen) atoms. The molecule has 12 heteroatoms. The second-order valence-electron chi connectivity index (χ2n) is 4.50. The van der Waals surface area contributed by atoms with Crippen LogP contribution in [0, 0.1) is 10.1 Å². The van der Waals surface area contributed by atoms with Gasteiger partial charge in [0, 0.05) is 12.1 Å². The SMILES string of the molecule is O=S(=O)(F)Cc1ccccc1.O=[N+]([O-])c1ccc(OP(=O)(O)O)cc1. The lowest BCUT2D eigenvalue weighted by Crippen LogP contribution is -1.94. The summed E-state index contributed by atoms with van der Waals surface area (Å²) < 4.78 is 46.9. The summed E-state index contributed by atoms with van der Waals surface area (Å²) in [4.78, 5) is 26.4. The number of nitro groups is 1. The van der Waals surface area contributed by atoms with Gasteiger partial charge in [0.05, 0.1) is 4.92 Å². The fourth-order valence-electron chi connectivity index (χ4n) is 1.54. The summed E-state index contributed by atoms with van der Waals surface area (Å²) in [6, 6.07) is 12.6. The van der Waals surface area contributed by atoms with Crippen LogP contribution in [0.25, 0.3) is 0 Å². The van der Waals surface area contributed by atoms with Crippen LogP contribution in [-0.4, -0.2) is 23.1 Å². The van der Waals surface area contributed by atoms with Gasteiger partial charge in [0.15, 0.2) is 0 Å². The number of non-ortho nitro benzene ring substituents is 1. The Balaban J connectivity index is 0.000000257. The second-order valence-corrected chi connectivity index (χ2v) is 7.03. The summed E-state index contributed by atoms with van der Waals surface area (Å²) >= 11 is 0. The molecule has 0 fully saturated rings. The first kappa shape index (κ1) is 20.7. The summed E-state index contributed by atoms with van der Waals surface area (Å²) in [5, 5.41) is 10.2. The van der Waals surface area contributed by atoms with Crippen molar-refractivity contribution in [1.29, 1.82) is 0 Å². The summed E-state index contributed by atoms with van der Waals surface area (Å²) in [5.41, 5.74) is 0.290. The van der Waals surface area contributed by atoms with E-state index in [0.717, 1.165) is 24.3 Å². The largest absolute Gasteiger partial charge is 0.524 e. The molecule has 136 valence electrons. The van der Waals surface area contributed by atoms with E-state index in [2.05, 4.69) is 4.52 Å². The van der Waals surface area contributed by atoms with Gasteiger partial charge in [-0.1, -0.05) is 30.3 Å². The number of nitrogens with zero attached hydrogens (tertiary/aromatic N) is 1. The van der Waals surface area contributed by atoms with Crippen molar-refractivity contribution in [1.82, 2.24) is 0 Å². The van der Waals surface area contributed by atoms with Gasteiger partial charge in [-0.3, -0.25) is 19.9 Å². The zero-order valence-electron chi connectivity index (χ0n) is 12.4. The molecule has 0 heterocycles. The van der Waals surface area contributed by atoms with Crippen LogP contribution in [0.1, 0.15) is 5.56 Å². The maximum absolute atomic E-state index is 12.0. The van der Waals surface area contributed by atoms with E-state index in [1.54, 1.807) is 30.3 Å². The molecule has 9 nitrogen and oxygen atoms in total. The molecule has 2 rings (SSSR count). The topological polar surface area (TPSA) is 144 Å². The highest BCUT2D eigenvalue weighted by Gasteiger charge is 2.16. The van der Waals surface area contributed by atoms with Crippen LogP contribution in [0.5, 0.6) is 5.75 Å². The van der Waals surface area contributed by atoms with Crippen LogP contribution in [-0.2, 0) is 20.5 Å². The van der Waals surface area contributed by atoms with E-state index in [9.17, 15) is 27.0 Å². The van der Waals surface area contributed by atoms with Crippen molar-refractivity contribution in [2.75, 3.05) is 0 Å². The van der Waals surface area contributed by atoms with Crippen LogP contribution in [0.15, 0.2) is 54.6 Å². The minimum atomic E-state index is -4.60. The van der Waals surface area contributed by atoms with E-state index >= 15 is 0 Å². The number of nitro benzene ring substituents is 1. The van der Waals surface area contributed by atoms with E-state index in [-0.39, 0.29) is 11.4 Å². The molecule has 0 saturated carbocycles.